The number of unbranched alkanes of at least 4 members (excludes halogenated alkanes) is 22. The molecule has 9 heteroatoms. The fraction of sp³-hybridized carbons (Fsp3) is 0.703. The topological polar surface area (TPSA) is 105 Å². The van der Waals surface area contributed by atoms with Crippen LogP contribution in [0, 0.1) is 0 Å². The van der Waals surface area contributed by atoms with E-state index in [4.69, 9.17) is 9.05 Å². The Balaban J connectivity index is 4.28. The number of aliphatic hydroxyl groups is 1. The van der Waals surface area contributed by atoms with Gasteiger partial charge in [-0.2, -0.15) is 0 Å². The number of quaternary nitrogens is 1. The third-order valence-corrected chi connectivity index (χ3v) is 13.8. The van der Waals surface area contributed by atoms with Gasteiger partial charge >= 0.3 is 7.82 Å². The van der Waals surface area contributed by atoms with E-state index in [1.54, 1.807) is 0 Å². The molecule has 0 spiro atoms. The fourth-order valence-electron chi connectivity index (χ4n) is 8.16. The molecule has 0 fully saturated rings. The van der Waals surface area contributed by atoms with Crippen LogP contribution in [-0.2, 0) is 18.4 Å². The fourth-order valence-corrected chi connectivity index (χ4v) is 8.89. The first-order chi connectivity index (χ1) is 35.5. The maximum absolute atomic E-state index is 13.0. The second-order valence-electron chi connectivity index (χ2n) is 21.0. The minimum Gasteiger partial charge on any atom is -0.391 e. The third kappa shape index (κ3) is 56.7. The van der Waals surface area contributed by atoms with Crippen LogP contribution in [0.2, 0.25) is 0 Å². The smallest absolute Gasteiger partial charge is 0.391 e. The summed E-state index contributed by atoms with van der Waals surface area (Å²) in [5.41, 5.74) is 0. The average molecular weight is 1040 g/mol. The van der Waals surface area contributed by atoms with E-state index >= 15 is 0 Å². The lowest BCUT2D eigenvalue weighted by molar-refractivity contribution is -0.870. The molecule has 0 bridgehead atoms. The number of allylic oxidation sites excluding steroid dienone is 18. The molecule has 8 nitrogen and oxygen atoms in total. The molecule has 0 aromatic heterocycles. The predicted octanol–water partition coefficient (Wildman–Crippen LogP) is 18.4. The van der Waals surface area contributed by atoms with E-state index in [-0.39, 0.29) is 19.1 Å². The normalized spacial score (nSPS) is 14.7. The van der Waals surface area contributed by atoms with Gasteiger partial charge in [-0.05, 0) is 83.5 Å². The van der Waals surface area contributed by atoms with Gasteiger partial charge in [-0.1, -0.05) is 258 Å². The van der Waals surface area contributed by atoms with E-state index in [0.717, 1.165) is 103 Å². The Hall–Kier alpha value is -2.84. The van der Waals surface area contributed by atoms with Gasteiger partial charge in [0.2, 0.25) is 5.91 Å². The summed E-state index contributed by atoms with van der Waals surface area (Å²) in [6, 6.07) is -0.788. The highest BCUT2D eigenvalue weighted by Gasteiger charge is 2.28. The number of rotatable bonds is 53. The Bertz CT molecular complexity index is 1550. The van der Waals surface area contributed by atoms with Crippen molar-refractivity contribution in [3.63, 3.8) is 0 Å². The van der Waals surface area contributed by atoms with Crippen LogP contribution in [-0.4, -0.2) is 73.4 Å². The van der Waals surface area contributed by atoms with Crippen LogP contribution in [0.15, 0.2) is 109 Å². The van der Waals surface area contributed by atoms with Crippen LogP contribution in [0.5, 0.6) is 0 Å². The average Bonchev–Trinajstić information content (AvgIpc) is 3.35. The molecule has 0 saturated carbocycles. The minimum atomic E-state index is -4.34. The van der Waals surface area contributed by atoms with Gasteiger partial charge in [0, 0.05) is 6.42 Å². The second kappa shape index (κ2) is 54.0. The molecule has 0 radical (unpaired) electrons. The zero-order valence-corrected chi connectivity index (χ0v) is 48.7. The molecule has 0 aromatic carbocycles. The number of phosphoric ester groups is 1. The summed E-state index contributed by atoms with van der Waals surface area (Å²) in [4.78, 5) is 23.3. The molecule has 0 aliphatic heterocycles. The number of hydrogen-bond donors (Lipinski definition) is 3. The van der Waals surface area contributed by atoms with Gasteiger partial charge in [-0.25, -0.2) is 4.57 Å². The molecule has 3 atom stereocenters. The third-order valence-electron chi connectivity index (χ3n) is 12.8. The van der Waals surface area contributed by atoms with Crippen molar-refractivity contribution < 1.29 is 32.9 Å². The summed E-state index contributed by atoms with van der Waals surface area (Å²) in [5, 5.41) is 14.1. The van der Waals surface area contributed by atoms with Gasteiger partial charge in [0.1, 0.15) is 13.2 Å². The number of amides is 1. The summed E-state index contributed by atoms with van der Waals surface area (Å²) in [6.07, 6.45) is 78.6. The lowest BCUT2D eigenvalue weighted by Gasteiger charge is -2.26. The lowest BCUT2D eigenvalue weighted by Crippen LogP contribution is -2.46. The number of nitrogens with zero attached hydrogens (tertiary/aromatic N) is 1. The molecule has 73 heavy (non-hydrogen) atoms. The molecular weight excluding hydrogens is 924 g/mol. The van der Waals surface area contributed by atoms with Crippen molar-refractivity contribution >= 4 is 13.7 Å². The van der Waals surface area contributed by atoms with Crippen LogP contribution >= 0.6 is 7.82 Å². The van der Waals surface area contributed by atoms with E-state index in [2.05, 4.69) is 129 Å². The van der Waals surface area contributed by atoms with Crippen LogP contribution in [0.1, 0.15) is 239 Å². The molecule has 0 aliphatic carbocycles. The quantitative estimate of drug-likeness (QED) is 0.0243. The standard InChI is InChI=1S/C64H113N2O6P/c1-6-8-10-12-14-16-18-20-22-24-26-28-29-30-31-32-33-34-35-36-37-38-40-42-44-46-48-50-52-54-56-58-64(68)65-62(61-72-73(69,70)71-60-59-66(3,4)5)63(67)57-55-53-51-49-47-45-43-41-39-27-25-23-21-19-17-15-13-11-9-7-2/h8,10,14,16,20,22,26,28,30-31,33-34,36-37,40,42,46,48,62-63,67H,6-7,9,11-13,15,17-19,21,23-25,27,29,32,35,38-39,41,43-45,47,49-61H2,1-5H3,(H-,65,68,69,70)/p+1/b10-8-,16-14-,22-20-,28-26-,31-30-,34-33-,37-36-,42-40-,48-46-. The summed E-state index contributed by atoms with van der Waals surface area (Å²) in [6.45, 7) is 4.75. The number of phosphoric acid groups is 1. The molecular formula is C64H114N2O6P+. The predicted molar refractivity (Wildman–Crippen MR) is 318 cm³/mol. The number of carbonyl (C=O) groups is 1. The molecule has 0 heterocycles. The first kappa shape index (κ1) is 70.2. The van der Waals surface area contributed by atoms with E-state index in [1.807, 2.05) is 21.1 Å². The zero-order chi connectivity index (χ0) is 53.5. The Labute approximate surface area is 451 Å². The largest absolute Gasteiger partial charge is 0.472 e. The lowest BCUT2D eigenvalue weighted by atomic mass is 10.0. The molecule has 3 unspecified atom stereocenters. The van der Waals surface area contributed by atoms with Gasteiger partial charge < -0.3 is 19.8 Å². The monoisotopic (exact) mass is 1040 g/mol. The van der Waals surface area contributed by atoms with E-state index in [0.29, 0.717) is 23.9 Å². The minimum absolute atomic E-state index is 0.0621. The molecule has 1 amide bonds. The molecule has 0 saturated heterocycles. The highest BCUT2D eigenvalue weighted by molar-refractivity contribution is 7.47. The van der Waals surface area contributed by atoms with Crippen LogP contribution < -0.4 is 5.32 Å². The van der Waals surface area contributed by atoms with Gasteiger partial charge in [0.15, 0.2) is 0 Å². The summed E-state index contributed by atoms with van der Waals surface area (Å²) in [7, 11) is 1.58. The van der Waals surface area contributed by atoms with Crippen molar-refractivity contribution in [1.82, 2.24) is 5.32 Å². The molecule has 0 aromatic rings. The number of hydrogen-bond acceptors (Lipinski definition) is 5. The van der Waals surface area contributed by atoms with Crippen molar-refractivity contribution in [2.24, 2.45) is 0 Å². The Morgan fingerprint density at radius 2 is 0.822 bits per heavy atom. The molecule has 420 valence electrons. The SMILES string of the molecule is CC/C=C\C/C=C\C/C=C\C/C=C\C/C=C\C/C=C\C/C=C\C/C=C\C/C=C\CCCCCC(=O)NC(COP(=O)(O)OCC[N+](C)(C)C)C(O)CCCCCCCCCCCCCCCCCCCCCC. The van der Waals surface area contributed by atoms with Gasteiger partial charge in [0.05, 0.1) is 39.9 Å². The Kier molecular flexibility index (Phi) is 51.9. The highest BCUT2D eigenvalue weighted by Crippen LogP contribution is 2.43. The zero-order valence-electron chi connectivity index (χ0n) is 47.8. The maximum atomic E-state index is 13.0. The number of likely N-dealkylation sites (N-methyl/N-ethyl adjacent to an activating group) is 1. The van der Waals surface area contributed by atoms with Gasteiger partial charge in [0.25, 0.3) is 0 Å². The molecule has 0 aliphatic rings. The van der Waals surface area contributed by atoms with Crippen molar-refractivity contribution in [1.29, 1.82) is 0 Å². The number of aliphatic hydroxyl groups excluding tert-OH is 1. The van der Waals surface area contributed by atoms with E-state index in [1.165, 1.54) is 109 Å². The summed E-state index contributed by atoms with van der Waals surface area (Å²) >= 11 is 0. The maximum Gasteiger partial charge on any atom is 0.472 e. The number of nitrogens with one attached hydrogen (secondary N) is 1. The molecule has 0 rings (SSSR count). The highest BCUT2D eigenvalue weighted by atomic mass is 31.2. The van der Waals surface area contributed by atoms with Crippen molar-refractivity contribution in [3.8, 4) is 0 Å². The first-order valence-electron chi connectivity index (χ1n) is 29.8. The van der Waals surface area contributed by atoms with Gasteiger partial charge in [-0.3, -0.25) is 13.8 Å². The Morgan fingerprint density at radius 3 is 1.19 bits per heavy atom. The van der Waals surface area contributed by atoms with E-state index < -0.39 is 20.0 Å². The number of carbonyl (C=O) groups excluding carboxylic acids is 1. The van der Waals surface area contributed by atoms with Gasteiger partial charge in [-0.15, -0.1) is 0 Å². The second-order valence-corrected chi connectivity index (χ2v) is 22.4. The summed E-state index contributed by atoms with van der Waals surface area (Å²) < 4.78 is 23.8. The van der Waals surface area contributed by atoms with Crippen LogP contribution in [0.3, 0.4) is 0 Å². The van der Waals surface area contributed by atoms with Crippen molar-refractivity contribution in [3.05, 3.63) is 109 Å². The summed E-state index contributed by atoms with van der Waals surface area (Å²) in [5.74, 6) is -0.179. The van der Waals surface area contributed by atoms with Crippen molar-refractivity contribution in [2.75, 3.05) is 40.9 Å². The Morgan fingerprint density at radius 1 is 0.479 bits per heavy atom. The van der Waals surface area contributed by atoms with Crippen LogP contribution in [0.25, 0.3) is 0 Å². The van der Waals surface area contributed by atoms with E-state index in [9.17, 15) is 19.4 Å². The molecule has 3 N–H and O–H groups in total. The van der Waals surface area contributed by atoms with Crippen LogP contribution in [0.4, 0.5) is 0 Å². The van der Waals surface area contributed by atoms with Crippen molar-refractivity contribution in [2.45, 2.75) is 251 Å². The first-order valence-corrected chi connectivity index (χ1v) is 31.2.